The second-order valence-electron chi connectivity index (χ2n) is 6.42. The average Bonchev–Trinajstić information content (AvgIpc) is 2.77. The van der Waals surface area contributed by atoms with Gasteiger partial charge in [-0.25, -0.2) is 0 Å². The van der Waals surface area contributed by atoms with E-state index in [0.717, 1.165) is 27.5 Å². The molecule has 3 aromatic carbocycles. The standard InChI is InChI=1S/C23H21NO3S/c25-23(24-16-17-11-12-20-21(15-17)27-14-13-26-20)22(18-7-3-1-4-8-18)28-19-9-5-2-6-10-19/h1-12,15,22H,13-14,16H2,(H,24,25). The highest BCUT2D eigenvalue weighted by Gasteiger charge is 2.22. The first-order valence-electron chi connectivity index (χ1n) is 9.22. The van der Waals surface area contributed by atoms with Crippen molar-refractivity contribution < 1.29 is 14.3 Å². The molecule has 1 aliphatic heterocycles. The van der Waals surface area contributed by atoms with Crippen molar-refractivity contribution >= 4 is 17.7 Å². The van der Waals surface area contributed by atoms with Crippen LogP contribution >= 0.6 is 11.8 Å². The molecule has 5 heteroatoms. The number of amides is 1. The molecule has 142 valence electrons. The molecule has 1 heterocycles. The van der Waals surface area contributed by atoms with Crippen LogP contribution in [0, 0.1) is 0 Å². The Morgan fingerprint density at radius 3 is 2.32 bits per heavy atom. The van der Waals surface area contributed by atoms with Gasteiger partial charge in [0.25, 0.3) is 0 Å². The molecule has 0 spiro atoms. The molecule has 3 aromatic rings. The van der Waals surface area contributed by atoms with Gasteiger partial charge in [0.1, 0.15) is 18.5 Å². The van der Waals surface area contributed by atoms with Crippen LogP contribution in [0.15, 0.2) is 83.8 Å². The molecule has 28 heavy (non-hydrogen) atoms. The number of thioether (sulfide) groups is 1. The first kappa shape index (κ1) is 18.4. The lowest BCUT2D eigenvalue weighted by atomic mass is 10.1. The van der Waals surface area contributed by atoms with E-state index in [4.69, 9.17) is 9.47 Å². The number of hydrogen-bond donors (Lipinski definition) is 1. The molecule has 1 unspecified atom stereocenters. The molecule has 0 fully saturated rings. The summed E-state index contributed by atoms with van der Waals surface area (Å²) < 4.78 is 11.2. The first-order valence-corrected chi connectivity index (χ1v) is 10.1. The van der Waals surface area contributed by atoms with Gasteiger partial charge in [-0.05, 0) is 35.4 Å². The van der Waals surface area contributed by atoms with Gasteiger partial charge < -0.3 is 14.8 Å². The van der Waals surface area contributed by atoms with Gasteiger partial charge in [-0.3, -0.25) is 4.79 Å². The summed E-state index contributed by atoms with van der Waals surface area (Å²) in [5.74, 6) is 1.47. The van der Waals surface area contributed by atoms with Crippen LogP contribution in [0.25, 0.3) is 0 Å². The Bertz CT molecular complexity index is 931. The molecule has 1 N–H and O–H groups in total. The Labute approximate surface area is 168 Å². The Morgan fingerprint density at radius 1 is 0.893 bits per heavy atom. The Balaban J connectivity index is 1.48. The number of rotatable bonds is 6. The van der Waals surface area contributed by atoms with Crippen molar-refractivity contribution in [2.75, 3.05) is 13.2 Å². The monoisotopic (exact) mass is 391 g/mol. The summed E-state index contributed by atoms with van der Waals surface area (Å²) in [5.41, 5.74) is 1.96. The number of nitrogens with one attached hydrogen (secondary N) is 1. The normalized spacial score (nSPS) is 13.6. The van der Waals surface area contributed by atoms with Crippen LogP contribution in [0.2, 0.25) is 0 Å². The molecule has 0 radical (unpaired) electrons. The smallest absolute Gasteiger partial charge is 0.238 e. The molecule has 0 aliphatic carbocycles. The molecule has 1 amide bonds. The molecule has 4 nitrogen and oxygen atoms in total. The minimum Gasteiger partial charge on any atom is -0.486 e. The third-order valence-electron chi connectivity index (χ3n) is 4.41. The SMILES string of the molecule is O=C(NCc1ccc2c(c1)OCCO2)C(Sc1ccccc1)c1ccccc1. The second-order valence-corrected chi connectivity index (χ2v) is 7.60. The highest BCUT2D eigenvalue weighted by atomic mass is 32.2. The predicted octanol–water partition coefficient (Wildman–Crippen LogP) is 4.61. The van der Waals surface area contributed by atoms with Crippen LogP contribution in [0.1, 0.15) is 16.4 Å². The van der Waals surface area contributed by atoms with E-state index in [1.807, 2.05) is 78.9 Å². The van der Waals surface area contributed by atoms with Crippen molar-refractivity contribution in [1.29, 1.82) is 0 Å². The summed E-state index contributed by atoms with van der Waals surface area (Å²) in [7, 11) is 0. The number of ether oxygens (including phenoxy) is 2. The lowest BCUT2D eigenvalue weighted by Crippen LogP contribution is -2.27. The number of fused-ring (bicyclic) bond motifs is 1. The third kappa shape index (κ3) is 4.49. The summed E-state index contributed by atoms with van der Waals surface area (Å²) in [5, 5.41) is 2.75. The summed E-state index contributed by atoms with van der Waals surface area (Å²) >= 11 is 1.55. The zero-order valence-corrected chi connectivity index (χ0v) is 16.2. The Hall–Kier alpha value is -2.92. The van der Waals surface area contributed by atoms with Gasteiger partial charge in [-0.1, -0.05) is 54.6 Å². The van der Waals surface area contributed by atoms with Gasteiger partial charge >= 0.3 is 0 Å². The number of carbonyl (C=O) groups excluding carboxylic acids is 1. The fourth-order valence-electron chi connectivity index (χ4n) is 3.02. The van der Waals surface area contributed by atoms with E-state index in [2.05, 4.69) is 5.32 Å². The van der Waals surface area contributed by atoms with Crippen molar-refractivity contribution in [3.05, 3.63) is 90.0 Å². The fraction of sp³-hybridized carbons (Fsp3) is 0.174. The van der Waals surface area contributed by atoms with Crippen LogP contribution in [0.3, 0.4) is 0 Å². The van der Waals surface area contributed by atoms with Crippen LogP contribution in [-0.4, -0.2) is 19.1 Å². The molecule has 4 rings (SSSR count). The van der Waals surface area contributed by atoms with Gasteiger partial charge in [0, 0.05) is 11.4 Å². The van der Waals surface area contributed by atoms with Crippen molar-refractivity contribution in [3.8, 4) is 11.5 Å². The van der Waals surface area contributed by atoms with Gasteiger partial charge in [0.05, 0.1) is 0 Å². The molecular weight excluding hydrogens is 370 g/mol. The van der Waals surface area contributed by atoms with E-state index in [0.29, 0.717) is 19.8 Å². The average molecular weight is 391 g/mol. The second kappa shape index (κ2) is 8.85. The van der Waals surface area contributed by atoms with Crippen LogP contribution in [0.5, 0.6) is 11.5 Å². The molecule has 0 saturated carbocycles. The maximum Gasteiger partial charge on any atom is 0.238 e. The van der Waals surface area contributed by atoms with E-state index in [-0.39, 0.29) is 11.2 Å². The van der Waals surface area contributed by atoms with E-state index < -0.39 is 0 Å². The van der Waals surface area contributed by atoms with Crippen LogP contribution in [0.4, 0.5) is 0 Å². The topological polar surface area (TPSA) is 47.6 Å². The van der Waals surface area contributed by atoms with Crippen molar-refractivity contribution in [1.82, 2.24) is 5.32 Å². The van der Waals surface area contributed by atoms with Gasteiger partial charge in [-0.15, -0.1) is 11.8 Å². The minimum atomic E-state index is -0.319. The largest absolute Gasteiger partial charge is 0.486 e. The summed E-state index contributed by atoms with van der Waals surface area (Å²) in [6.45, 7) is 1.55. The number of carbonyl (C=O) groups is 1. The first-order chi connectivity index (χ1) is 13.8. The molecule has 1 aliphatic rings. The van der Waals surface area contributed by atoms with E-state index in [1.54, 1.807) is 11.8 Å². The van der Waals surface area contributed by atoms with Crippen LogP contribution < -0.4 is 14.8 Å². The van der Waals surface area contributed by atoms with Crippen molar-refractivity contribution in [3.63, 3.8) is 0 Å². The lowest BCUT2D eigenvalue weighted by Gasteiger charge is -2.20. The van der Waals surface area contributed by atoms with E-state index >= 15 is 0 Å². The van der Waals surface area contributed by atoms with Crippen molar-refractivity contribution in [2.24, 2.45) is 0 Å². The molecule has 0 bridgehead atoms. The van der Waals surface area contributed by atoms with Gasteiger partial charge in [-0.2, -0.15) is 0 Å². The number of hydrogen-bond acceptors (Lipinski definition) is 4. The van der Waals surface area contributed by atoms with Gasteiger partial charge in [0.2, 0.25) is 5.91 Å². The van der Waals surface area contributed by atoms with Crippen LogP contribution in [-0.2, 0) is 11.3 Å². The fourth-order valence-corrected chi connectivity index (χ4v) is 4.09. The quantitative estimate of drug-likeness (QED) is 0.624. The Kier molecular flexibility index (Phi) is 5.83. The molecule has 0 aromatic heterocycles. The molecular formula is C23H21NO3S. The Morgan fingerprint density at radius 2 is 1.57 bits per heavy atom. The summed E-state index contributed by atoms with van der Waals surface area (Å²) in [4.78, 5) is 14.1. The van der Waals surface area contributed by atoms with Gasteiger partial charge in [0.15, 0.2) is 11.5 Å². The molecule has 1 atom stereocenters. The molecule has 0 saturated heterocycles. The number of benzene rings is 3. The zero-order valence-electron chi connectivity index (χ0n) is 15.3. The zero-order chi connectivity index (χ0) is 19.2. The summed E-state index contributed by atoms with van der Waals surface area (Å²) in [6.07, 6.45) is 0. The maximum absolute atomic E-state index is 13.0. The lowest BCUT2D eigenvalue weighted by molar-refractivity contribution is -0.120. The highest BCUT2D eigenvalue weighted by molar-refractivity contribution is 8.00. The maximum atomic E-state index is 13.0. The highest BCUT2D eigenvalue weighted by Crippen LogP contribution is 2.35. The van der Waals surface area contributed by atoms with E-state index in [1.165, 1.54) is 0 Å². The van der Waals surface area contributed by atoms with E-state index in [9.17, 15) is 4.79 Å². The minimum absolute atomic E-state index is 0.0186. The van der Waals surface area contributed by atoms with Crippen molar-refractivity contribution in [2.45, 2.75) is 16.7 Å². The summed E-state index contributed by atoms with van der Waals surface area (Å²) in [6, 6.07) is 25.6. The third-order valence-corrected chi connectivity index (χ3v) is 5.68. The predicted molar refractivity (Wildman–Crippen MR) is 111 cm³/mol.